The lowest BCUT2D eigenvalue weighted by Crippen LogP contribution is -2.32. The highest BCUT2D eigenvalue weighted by molar-refractivity contribution is 6.30. The zero-order valence-electron chi connectivity index (χ0n) is 16.7. The number of nitrogens with zero attached hydrogens (tertiary/aromatic N) is 4. The van der Waals surface area contributed by atoms with Crippen molar-refractivity contribution in [1.82, 2.24) is 20.1 Å². The Morgan fingerprint density at radius 1 is 1.14 bits per heavy atom. The van der Waals surface area contributed by atoms with E-state index < -0.39 is 0 Å². The maximum atomic E-state index is 12.6. The van der Waals surface area contributed by atoms with Crippen molar-refractivity contribution in [2.24, 2.45) is 0 Å². The molecule has 0 spiro atoms. The average molecular weight is 414 g/mol. The van der Waals surface area contributed by atoms with E-state index >= 15 is 0 Å². The molecule has 0 aliphatic carbocycles. The van der Waals surface area contributed by atoms with Gasteiger partial charge in [-0.1, -0.05) is 38.4 Å². The number of nitrogens with one attached hydrogen (secondary N) is 1. The van der Waals surface area contributed by atoms with Crippen LogP contribution in [0.15, 0.2) is 53.2 Å². The van der Waals surface area contributed by atoms with Crippen LogP contribution in [0.1, 0.15) is 38.1 Å². The molecule has 0 unspecified atom stereocenters. The zero-order valence-corrected chi connectivity index (χ0v) is 17.5. The van der Waals surface area contributed by atoms with E-state index in [0.29, 0.717) is 35.6 Å². The molecule has 0 bridgehead atoms. The van der Waals surface area contributed by atoms with E-state index in [9.17, 15) is 4.79 Å². The molecule has 2 aromatic heterocycles. The smallest absolute Gasteiger partial charge is 0.238 e. The number of halogens is 1. The number of benzene rings is 1. The van der Waals surface area contributed by atoms with Crippen LogP contribution in [-0.2, 0) is 23.3 Å². The van der Waals surface area contributed by atoms with E-state index in [1.54, 1.807) is 36.7 Å². The number of pyridine rings is 1. The van der Waals surface area contributed by atoms with Gasteiger partial charge in [0.25, 0.3) is 0 Å². The van der Waals surface area contributed by atoms with Crippen LogP contribution in [0.2, 0.25) is 5.02 Å². The van der Waals surface area contributed by atoms with Gasteiger partial charge in [0, 0.05) is 35.1 Å². The Hall–Kier alpha value is -2.77. The molecule has 1 N–H and O–H groups in total. The van der Waals surface area contributed by atoms with E-state index in [2.05, 4.69) is 20.5 Å². The fourth-order valence-corrected chi connectivity index (χ4v) is 2.79. The van der Waals surface area contributed by atoms with Crippen LogP contribution in [0.25, 0.3) is 0 Å². The van der Waals surface area contributed by atoms with Crippen molar-refractivity contribution < 1.29 is 9.21 Å². The van der Waals surface area contributed by atoms with Crippen LogP contribution >= 0.6 is 11.6 Å². The molecule has 7 nitrogen and oxygen atoms in total. The van der Waals surface area contributed by atoms with Gasteiger partial charge < -0.3 is 9.73 Å². The summed E-state index contributed by atoms with van der Waals surface area (Å²) in [6, 6.07) is 10.8. The molecule has 3 aromatic rings. The highest BCUT2D eigenvalue weighted by Gasteiger charge is 2.23. The van der Waals surface area contributed by atoms with E-state index in [0.717, 1.165) is 5.56 Å². The standard InChI is InChI=1S/C21H24ClN5O2/c1-21(2,3)20-26-25-19(29-20)14-27(12-15-5-4-10-23-11-15)13-18(28)24-17-8-6-16(22)7-9-17/h4-11H,12-14H2,1-3H3,(H,24,28). The molecular formula is C21H24ClN5O2. The Balaban J connectivity index is 1.71. The maximum absolute atomic E-state index is 12.6. The number of rotatable bonds is 7. The lowest BCUT2D eigenvalue weighted by atomic mass is 9.97. The Morgan fingerprint density at radius 2 is 1.90 bits per heavy atom. The molecule has 1 aromatic carbocycles. The number of hydrogen-bond acceptors (Lipinski definition) is 6. The number of hydrogen-bond donors (Lipinski definition) is 1. The molecule has 0 fully saturated rings. The lowest BCUT2D eigenvalue weighted by Gasteiger charge is -2.20. The van der Waals surface area contributed by atoms with Gasteiger partial charge in [0.05, 0.1) is 13.1 Å². The van der Waals surface area contributed by atoms with E-state index in [1.165, 1.54) is 0 Å². The highest BCUT2D eigenvalue weighted by atomic mass is 35.5. The third kappa shape index (κ3) is 6.37. The summed E-state index contributed by atoms with van der Waals surface area (Å²) < 4.78 is 5.80. The molecule has 0 radical (unpaired) electrons. The summed E-state index contributed by atoms with van der Waals surface area (Å²) in [5, 5.41) is 11.8. The SMILES string of the molecule is CC(C)(C)c1nnc(CN(CC(=O)Nc2ccc(Cl)cc2)Cc2cccnc2)o1. The van der Waals surface area contributed by atoms with Gasteiger partial charge in [0.15, 0.2) is 0 Å². The first-order valence-electron chi connectivity index (χ1n) is 9.29. The van der Waals surface area contributed by atoms with Gasteiger partial charge in [-0.2, -0.15) is 0 Å². The summed E-state index contributed by atoms with van der Waals surface area (Å²) in [6.07, 6.45) is 3.49. The van der Waals surface area contributed by atoms with Crippen LogP contribution in [0.4, 0.5) is 5.69 Å². The molecular weight excluding hydrogens is 390 g/mol. The van der Waals surface area contributed by atoms with Crippen molar-refractivity contribution in [3.8, 4) is 0 Å². The van der Waals surface area contributed by atoms with Crippen molar-refractivity contribution >= 4 is 23.2 Å². The van der Waals surface area contributed by atoms with Crippen LogP contribution in [0, 0.1) is 0 Å². The zero-order chi connectivity index (χ0) is 20.9. The Morgan fingerprint density at radius 3 is 2.52 bits per heavy atom. The van der Waals surface area contributed by atoms with Crippen LogP contribution < -0.4 is 5.32 Å². The molecule has 3 rings (SSSR count). The van der Waals surface area contributed by atoms with Gasteiger partial charge in [-0.15, -0.1) is 10.2 Å². The predicted molar refractivity (Wildman–Crippen MR) is 111 cm³/mol. The Kier molecular flexibility index (Phi) is 6.61. The summed E-state index contributed by atoms with van der Waals surface area (Å²) in [7, 11) is 0. The van der Waals surface area contributed by atoms with Crippen LogP contribution in [-0.4, -0.2) is 32.5 Å². The molecule has 2 heterocycles. The summed E-state index contributed by atoms with van der Waals surface area (Å²) in [4.78, 5) is 18.7. The van der Waals surface area contributed by atoms with Gasteiger partial charge >= 0.3 is 0 Å². The minimum absolute atomic E-state index is 0.147. The summed E-state index contributed by atoms with van der Waals surface area (Å²) in [6.45, 7) is 7.07. The van der Waals surface area contributed by atoms with Gasteiger partial charge in [0.2, 0.25) is 17.7 Å². The first kappa shape index (κ1) is 21.0. The fraction of sp³-hybridized carbons (Fsp3) is 0.333. The molecule has 1 amide bonds. The third-order valence-electron chi connectivity index (χ3n) is 4.09. The Labute approximate surface area is 175 Å². The van der Waals surface area contributed by atoms with Gasteiger partial charge in [-0.3, -0.25) is 14.7 Å². The van der Waals surface area contributed by atoms with Crippen molar-refractivity contribution in [2.45, 2.75) is 39.3 Å². The fourth-order valence-electron chi connectivity index (χ4n) is 2.67. The van der Waals surface area contributed by atoms with E-state index in [4.69, 9.17) is 16.0 Å². The average Bonchev–Trinajstić information content (AvgIpc) is 3.13. The molecule has 152 valence electrons. The lowest BCUT2D eigenvalue weighted by molar-refractivity contribution is -0.117. The number of anilines is 1. The van der Waals surface area contributed by atoms with Crippen LogP contribution in [0.5, 0.6) is 0 Å². The molecule has 8 heteroatoms. The molecule has 0 aliphatic rings. The maximum Gasteiger partial charge on any atom is 0.238 e. The largest absolute Gasteiger partial charge is 0.423 e. The molecule has 0 aliphatic heterocycles. The third-order valence-corrected chi connectivity index (χ3v) is 4.34. The van der Waals surface area contributed by atoms with Crippen molar-refractivity contribution in [3.63, 3.8) is 0 Å². The normalized spacial score (nSPS) is 11.6. The second-order valence-electron chi connectivity index (χ2n) is 7.81. The second-order valence-corrected chi connectivity index (χ2v) is 8.25. The van der Waals surface area contributed by atoms with Gasteiger partial charge in [-0.05, 0) is 35.9 Å². The van der Waals surface area contributed by atoms with Crippen LogP contribution in [0.3, 0.4) is 0 Å². The van der Waals surface area contributed by atoms with Gasteiger partial charge in [0.1, 0.15) is 0 Å². The first-order valence-corrected chi connectivity index (χ1v) is 9.67. The monoisotopic (exact) mass is 413 g/mol. The van der Waals surface area contributed by atoms with Crippen molar-refractivity contribution in [2.75, 3.05) is 11.9 Å². The second kappa shape index (κ2) is 9.15. The Bertz CT molecular complexity index is 936. The number of carbonyl (C=O) groups excluding carboxylic acids is 1. The number of carbonyl (C=O) groups is 1. The molecule has 29 heavy (non-hydrogen) atoms. The minimum atomic E-state index is -0.231. The summed E-state index contributed by atoms with van der Waals surface area (Å²) in [5.74, 6) is 0.893. The minimum Gasteiger partial charge on any atom is -0.423 e. The number of amides is 1. The topological polar surface area (TPSA) is 84.2 Å². The molecule has 0 atom stereocenters. The highest BCUT2D eigenvalue weighted by Crippen LogP contribution is 2.21. The summed E-state index contributed by atoms with van der Waals surface area (Å²) >= 11 is 5.90. The summed E-state index contributed by atoms with van der Waals surface area (Å²) in [5.41, 5.74) is 1.45. The van der Waals surface area contributed by atoms with Crippen molar-refractivity contribution in [1.29, 1.82) is 0 Å². The number of aromatic nitrogens is 3. The molecule has 0 saturated heterocycles. The molecule has 0 saturated carbocycles. The van der Waals surface area contributed by atoms with E-state index in [1.807, 2.05) is 37.8 Å². The van der Waals surface area contributed by atoms with E-state index in [-0.39, 0.29) is 17.9 Å². The van der Waals surface area contributed by atoms with Gasteiger partial charge in [-0.25, -0.2) is 0 Å². The van der Waals surface area contributed by atoms with Crippen molar-refractivity contribution in [3.05, 3.63) is 71.2 Å². The first-order chi connectivity index (χ1) is 13.8. The predicted octanol–water partition coefficient (Wildman–Crippen LogP) is 4.06. The quantitative estimate of drug-likeness (QED) is 0.628.